The van der Waals surface area contributed by atoms with Crippen molar-refractivity contribution in [3.8, 4) is 0 Å². The van der Waals surface area contributed by atoms with E-state index in [9.17, 15) is 14.3 Å². The Morgan fingerprint density at radius 3 is 2.92 bits per heavy atom. The molecule has 0 bridgehead atoms. The summed E-state index contributed by atoms with van der Waals surface area (Å²) in [6, 6.07) is 6.40. The molecule has 2 N–H and O–H groups in total. The van der Waals surface area contributed by atoms with Crippen molar-refractivity contribution in [2.75, 3.05) is 19.6 Å². The molecule has 1 aromatic heterocycles. The van der Waals surface area contributed by atoms with Crippen LogP contribution in [0.1, 0.15) is 24.1 Å². The molecule has 2 aromatic rings. The molecule has 0 saturated carbocycles. The Morgan fingerprint density at radius 1 is 1.31 bits per heavy atom. The number of nitrogens with one attached hydrogen (secondary N) is 1. The van der Waals surface area contributed by atoms with Crippen molar-refractivity contribution in [2.45, 2.75) is 31.4 Å². The van der Waals surface area contributed by atoms with Crippen LogP contribution >= 0.6 is 0 Å². The van der Waals surface area contributed by atoms with Gasteiger partial charge in [0.1, 0.15) is 5.82 Å². The lowest BCUT2D eigenvalue weighted by Crippen LogP contribution is -2.57. The summed E-state index contributed by atoms with van der Waals surface area (Å²) in [5.74, 6) is -0.685. The summed E-state index contributed by atoms with van der Waals surface area (Å²) < 4.78 is 13.9. The van der Waals surface area contributed by atoms with Crippen molar-refractivity contribution in [3.63, 3.8) is 0 Å². The minimum Gasteiger partial charge on any atom is -0.379 e. The molecular weight excluding hydrogens is 335 g/mol. The Balaban J connectivity index is 1.54. The number of halogens is 1. The number of likely N-dealkylation sites (tertiary alicyclic amines) is 1. The van der Waals surface area contributed by atoms with Gasteiger partial charge in [-0.25, -0.2) is 4.39 Å². The van der Waals surface area contributed by atoms with Gasteiger partial charge >= 0.3 is 0 Å². The first-order valence-corrected chi connectivity index (χ1v) is 8.79. The summed E-state index contributed by atoms with van der Waals surface area (Å²) in [5.41, 5.74) is -0.143. The molecule has 0 radical (unpaired) electrons. The van der Waals surface area contributed by atoms with Gasteiger partial charge in [-0.2, -0.15) is 0 Å². The quantitative estimate of drug-likeness (QED) is 0.730. The van der Waals surface area contributed by atoms with Gasteiger partial charge in [-0.1, -0.05) is 18.2 Å². The summed E-state index contributed by atoms with van der Waals surface area (Å²) in [7, 11) is 0. The van der Waals surface area contributed by atoms with Crippen LogP contribution in [0.5, 0.6) is 0 Å². The van der Waals surface area contributed by atoms with Crippen molar-refractivity contribution < 1.29 is 14.3 Å². The van der Waals surface area contributed by atoms with Crippen molar-refractivity contribution in [1.29, 1.82) is 0 Å². The van der Waals surface area contributed by atoms with E-state index in [1.165, 1.54) is 11.0 Å². The smallest absolute Gasteiger partial charge is 0.256 e. The molecule has 7 heteroatoms. The number of aliphatic hydroxyl groups is 1. The zero-order chi connectivity index (χ0) is 18.4. The normalized spacial score (nSPS) is 20.4. The van der Waals surface area contributed by atoms with E-state index in [-0.39, 0.29) is 24.8 Å². The number of rotatable bonds is 7. The summed E-state index contributed by atoms with van der Waals surface area (Å²) >= 11 is 0. The van der Waals surface area contributed by atoms with E-state index in [1.54, 1.807) is 36.8 Å². The van der Waals surface area contributed by atoms with Gasteiger partial charge in [0.25, 0.3) is 5.91 Å². The Kier molecular flexibility index (Phi) is 5.90. The molecule has 6 nitrogen and oxygen atoms in total. The third-order valence-electron chi connectivity index (χ3n) is 4.61. The largest absolute Gasteiger partial charge is 0.379 e. The van der Waals surface area contributed by atoms with Gasteiger partial charge in [0, 0.05) is 56.8 Å². The molecule has 0 spiro atoms. The van der Waals surface area contributed by atoms with Gasteiger partial charge < -0.3 is 15.3 Å². The molecule has 2 heterocycles. The maximum atomic E-state index is 13.9. The second kappa shape index (κ2) is 8.33. The number of carbonyl (C=O) groups is 1. The lowest BCUT2D eigenvalue weighted by Gasteiger charge is -2.38. The number of amides is 1. The molecule has 1 aliphatic heterocycles. The second-order valence-corrected chi connectivity index (χ2v) is 6.58. The average molecular weight is 358 g/mol. The highest BCUT2D eigenvalue weighted by Gasteiger charge is 2.41. The predicted molar refractivity (Wildman–Crippen MR) is 94.6 cm³/mol. The Bertz CT molecular complexity index is 743. The fraction of sp³-hybridized carbons (Fsp3) is 0.421. The van der Waals surface area contributed by atoms with Crippen molar-refractivity contribution >= 4 is 5.91 Å². The van der Waals surface area contributed by atoms with Gasteiger partial charge in [-0.3, -0.25) is 14.8 Å². The van der Waals surface area contributed by atoms with E-state index >= 15 is 0 Å². The molecule has 0 aliphatic carbocycles. The van der Waals surface area contributed by atoms with E-state index in [1.807, 2.05) is 0 Å². The topological polar surface area (TPSA) is 78.4 Å². The zero-order valence-electron chi connectivity index (χ0n) is 14.6. The van der Waals surface area contributed by atoms with E-state index in [0.29, 0.717) is 37.9 Å². The third kappa shape index (κ3) is 4.42. The van der Waals surface area contributed by atoms with Gasteiger partial charge in [-0.15, -0.1) is 0 Å². The highest BCUT2D eigenvalue weighted by atomic mass is 19.1. The third-order valence-corrected chi connectivity index (χ3v) is 4.61. The van der Waals surface area contributed by atoms with Crippen LogP contribution in [-0.2, 0) is 17.8 Å². The van der Waals surface area contributed by atoms with Crippen LogP contribution in [0.25, 0.3) is 0 Å². The summed E-state index contributed by atoms with van der Waals surface area (Å²) in [5, 5.41) is 13.9. The molecule has 1 atom stereocenters. The maximum Gasteiger partial charge on any atom is 0.256 e. The lowest BCUT2D eigenvalue weighted by atomic mass is 9.91. The molecule has 1 aliphatic rings. The fourth-order valence-corrected chi connectivity index (χ4v) is 3.18. The molecule has 138 valence electrons. The van der Waals surface area contributed by atoms with E-state index in [4.69, 9.17) is 0 Å². The van der Waals surface area contributed by atoms with Crippen LogP contribution < -0.4 is 5.32 Å². The van der Waals surface area contributed by atoms with E-state index in [0.717, 1.165) is 5.69 Å². The highest BCUT2D eigenvalue weighted by Crippen LogP contribution is 2.24. The number of piperidine rings is 1. The summed E-state index contributed by atoms with van der Waals surface area (Å²) in [4.78, 5) is 22.4. The SMILES string of the molecule is O=C1N(Cc2ccccc2F)CCC[C@@]1(O)CNCCc1cnccn1. The second-order valence-electron chi connectivity index (χ2n) is 6.58. The van der Waals surface area contributed by atoms with Gasteiger partial charge in [-0.05, 0) is 18.9 Å². The number of benzene rings is 1. The standard InChI is InChI=1S/C19H23FN4O2/c20-17-5-2-1-4-15(17)13-24-11-3-7-19(26,18(24)25)14-22-8-6-16-12-21-9-10-23-16/h1-2,4-5,9-10,12,22,26H,3,6-8,11,13-14H2/t19-/m1/s1. The minimum atomic E-state index is -1.45. The Morgan fingerprint density at radius 2 is 2.15 bits per heavy atom. The number of aromatic nitrogens is 2. The van der Waals surface area contributed by atoms with Crippen LogP contribution in [0.15, 0.2) is 42.9 Å². The van der Waals surface area contributed by atoms with Gasteiger partial charge in [0.05, 0.1) is 5.69 Å². The maximum absolute atomic E-state index is 13.9. The first-order chi connectivity index (χ1) is 12.6. The van der Waals surface area contributed by atoms with Crippen molar-refractivity contribution in [3.05, 3.63) is 59.9 Å². The predicted octanol–water partition coefficient (Wildman–Crippen LogP) is 1.30. The molecule has 1 fully saturated rings. The van der Waals surface area contributed by atoms with E-state index < -0.39 is 5.60 Å². The Labute approximate surface area is 152 Å². The first-order valence-electron chi connectivity index (χ1n) is 8.79. The zero-order valence-corrected chi connectivity index (χ0v) is 14.6. The van der Waals surface area contributed by atoms with Crippen LogP contribution in [0, 0.1) is 5.82 Å². The molecule has 3 rings (SSSR count). The summed E-state index contributed by atoms with van der Waals surface area (Å²) in [6.45, 7) is 1.45. The highest BCUT2D eigenvalue weighted by molar-refractivity contribution is 5.86. The number of nitrogens with zero attached hydrogens (tertiary/aromatic N) is 3. The summed E-state index contributed by atoms with van der Waals surface area (Å²) in [6.07, 6.45) is 6.69. The lowest BCUT2D eigenvalue weighted by molar-refractivity contribution is -0.157. The van der Waals surface area contributed by atoms with Crippen molar-refractivity contribution in [1.82, 2.24) is 20.2 Å². The number of hydrogen-bond donors (Lipinski definition) is 2. The molecule has 1 amide bonds. The first kappa shape index (κ1) is 18.4. The molecule has 0 unspecified atom stereocenters. The molecule has 1 aromatic carbocycles. The van der Waals surface area contributed by atoms with Gasteiger partial charge in [0.2, 0.25) is 0 Å². The molecule has 1 saturated heterocycles. The monoisotopic (exact) mass is 358 g/mol. The average Bonchev–Trinajstić information content (AvgIpc) is 2.65. The number of carbonyl (C=O) groups excluding carboxylic acids is 1. The number of hydrogen-bond acceptors (Lipinski definition) is 5. The van der Waals surface area contributed by atoms with E-state index in [2.05, 4.69) is 15.3 Å². The molecular formula is C19H23FN4O2. The minimum absolute atomic E-state index is 0.167. The molecule has 26 heavy (non-hydrogen) atoms. The van der Waals surface area contributed by atoms with Gasteiger partial charge in [0.15, 0.2) is 5.60 Å². The Hall–Kier alpha value is -2.38. The fourth-order valence-electron chi connectivity index (χ4n) is 3.18. The van der Waals surface area contributed by atoms with Crippen LogP contribution in [-0.4, -0.2) is 51.1 Å². The van der Waals surface area contributed by atoms with Crippen LogP contribution in [0.3, 0.4) is 0 Å². The van der Waals surface area contributed by atoms with Crippen molar-refractivity contribution in [2.24, 2.45) is 0 Å². The van der Waals surface area contributed by atoms with Crippen LogP contribution in [0.4, 0.5) is 4.39 Å². The van der Waals surface area contributed by atoms with Crippen LogP contribution in [0.2, 0.25) is 0 Å².